The average Bonchev–Trinajstić information content (AvgIpc) is 3.05. The van der Waals surface area contributed by atoms with Crippen LogP contribution < -0.4 is 5.32 Å². The summed E-state index contributed by atoms with van der Waals surface area (Å²) in [7, 11) is 1.83. The van der Waals surface area contributed by atoms with Gasteiger partial charge in [0.25, 0.3) is 5.92 Å². The maximum atomic E-state index is 13.6. The van der Waals surface area contributed by atoms with Gasteiger partial charge in [0.15, 0.2) is 0 Å². The molecule has 0 radical (unpaired) electrons. The molecule has 0 aromatic carbocycles. The number of aliphatic imine (C=N–C) groups is 1. The summed E-state index contributed by atoms with van der Waals surface area (Å²) >= 11 is 0. The number of nitrogens with zero attached hydrogens (tertiary/aromatic N) is 5. The molecule has 2 aromatic rings. The summed E-state index contributed by atoms with van der Waals surface area (Å²) in [6.07, 6.45) is 12.0. The van der Waals surface area contributed by atoms with Crippen LogP contribution in [-0.4, -0.2) is 37.4 Å². The van der Waals surface area contributed by atoms with Gasteiger partial charge in [-0.25, -0.2) is 13.8 Å². The number of rotatable bonds is 6. The van der Waals surface area contributed by atoms with Crippen LogP contribution in [0.2, 0.25) is 0 Å². The fourth-order valence-electron chi connectivity index (χ4n) is 3.51. The maximum absolute atomic E-state index is 13.6. The molecule has 2 unspecified atom stereocenters. The molecule has 2 N–H and O–H groups in total. The zero-order valence-corrected chi connectivity index (χ0v) is 15.6. The zero-order chi connectivity index (χ0) is 19.9. The monoisotopic (exact) mass is 385 g/mol. The van der Waals surface area contributed by atoms with Gasteiger partial charge in [-0.2, -0.15) is 10.2 Å². The van der Waals surface area contributed by atoms with Crippen molar-refractivity contribution in [3.8, 4) is 0 Å². The highest BCUT2D eigenvalue weighted by Gasteiger charge is 2.60. The molecule has 28 heavy (non-hydrogen) atoms. The van der Waals surface area contributed by atoms with Crippen molar-refractivity contribution in [2.45, 2.75) is 31.7 Å². The van der Waals surface area contributed by atoms with E-state index in [1.165, 1.54) is 6.21 Å². The van der Waals surface area contributed by atoms with E-state index in [9.17, 15) is 8.78 Å². The fourth-order valence-corrected chi connectivity index (χ4v) is 3.51. The van der Waals surface area contributed by atoms with Crippen LogP contribution in [0.4, 0.5) is 8.78 Å². The summed E-state index contributed by atoms with van der Waals surface area (Å²) < 4.78 is 30.4. The van der Waals surface area contributed by atoms with E-state index in [0.717, 1.165) is 5.56 Å². The zero-order valence-electron chi connectivity index (χ0n) is 15.6. The van der Waals surface area contributed by atoms with Gasteiger partial charge in [-0.3, -0.25) is 9.36 Å². The molecule has 9 heteroatoms. The summed E-state index contributed by atoms with van der Waals surface area (Å²) in [6, 6.07) is -0.343. The van der Waals surface area contributed by atoms with Crippen molar-refractivity contribution < 1.29 is 8.78 Å². The highest BCUT2D eigenvalue weighted by Crippen LogP contribution is 2.55. The first-order chi connectivity index (χ1) is 13.4. The van der Waals surface area contributed by atoms with E-state index in [-0.39, 0.29) is 12.5 Å². The molecule has 1 fully saturated rings. The van der Waals surface area contributed by atoms with Crippen LogP contribution in [0.1, 0.15) is 36.9 Å². The number of allylic oxidation sites excluding steroid dienone is 2. The van der Waals surface area contributed by atoms with Crippen LogP contribution in [0.15, 0.2) is 47.8 Å². The third-order valence-corrected chi connectivity index (χ3v) is 5.07. The Morgan fingerprint density at radius 2 is 2.07 bits per heavy atom. The Labute approximate surface area is 161 Å². The first-order valence-corrected chi connectivity index (χ1v) is 9.11. The van der Waals surface area contributed by atoms with Crippen LogP contribution in [-0.2, 0) is 7.05 Å². The van der Waals surface area contributed by atoms with Crippen LogP contribution in [0.3, 0.4) is 0 Å². The molecule has 0 saturated heterocycles. The SMILES string of the molecule is CCC(C1CC1(F)F)n1cc(C2=NC(c3cnn(C)c3)=CN/C2=C\C=N)cn1. The van der Waals surface area contributed by atoms with Crippen molar-refractivity contribution in [1.29, 1.82) is 5.41 Å². The van der Waals surface area contributed by atoms with E-state index in [0.29, 0.717) is 29.1 Å². The lowest BCUT2D eigenvalue weighted by atomic mass is 10.1. The summed E-state index contributed by atoms with van der Waals surface area (Å²) in [5.41, 5.74) is 3.50. The van der Waals surface area contributed by atoms with Crippen molar-refractivity contribution in [3.63, 3.8) is 0 Å². The van der Waals surface area contributed by atoms with Crippen molar-refractivity contribution in [3.05, 3.63) is 53.9 Å². The first kappa shape index (κ1) is 18.3. The van der Waals surface area contributed by atoms with Crippen LogP contribution in [0.5, 0.6) is 0 Å². The van der Waals surface area contributed by atoms with Gasteiger partial charge < -0.3 is 10.7 Å². The minimum atomic E-state index is -2.60. The second-order valence-corrected chi connectivity index (χ2v) is 7.04. The molecular formula is C19H21F2N7. The van der Waals surface area contributed by atoms with E-state index in [4.69, 9.17) is 10.4 Å². The predicted molar refractivity (Wildman–Crippen MR) is 102 cm³/mol. The van der Waals surface area contributed by atoms with Crippen molar-refractivity contribution in [2.75, 3.05) is 0 Å². The van der Waals surface area contributed by atoms with Crippen LogP contribution in [0.25, 0.3) is 5.70 Å². The number of nitrogens with one attached hydrogen (secondary N) is 2. The smallest absolute Gasteiger partial charge is 0.253 e. The number of alkyl halides is 2. The van der Waals surface area contributed by atoms with Crippen LogP contribution >= 0.6 is 0 Å². The Morgan fingerprint density at radius 1 is 1.32 bits per heavy atom. The number of halogens is 2. The van der Waals surface area contributed by atoms with Gasteiger partial charge in [-0.15, -0.1) is 0 Å². The summed E-state index contributed by atoms with van der Waals surface area (Å²) in [5.74, 6) is -3.27. The minimum Gasteiger partial charge on any atom is -0.358 e. The Bertz CT molecular complexity index is 996. The number of aryl methyl sites for hydroxylation is 1. The first-order valence-electron chi connectivity index (χ1n) is 9.11. The fraction of sp³-hybridized carbons (Fsp3) is 0.368. The van der Waals surface area contributed by atoms with E-state index >= 15 is 0 Å². The molecule has 0 amide bonds. The van der Waals surface area contributed by atoms with Gasteiger partial charge in [0.2, 0.25) is 0 Å². The van der Waals surface area contributed by atoms with E-state index < -0.39 is 11.8 Å². The molecule has 3 heterocycles. The molecule has 146 valence electrons. The van der Waals surface area contributed by atoms with Gasteiger partial charge >= 0.3 is 0 Å². The molecule has 0 spiro atoms. The molecule has 1 aliphatic heterocycles. The molecule has 0 bridgehead atoms. The molecular weight excluding hydrogens is 364 g/mol. The summed E-state index contributed by atoms with van der Waals surface area (Å²) in [4.78, 5) is 4.71. The lowest BCUT2D eigenvalue weighted by molar-refractivity contribution is 0.0835. The Hall–Kier alpha value is -3.10. The molecule has 2 aliphatic rings. The number of hydrogen-bond acceptors (Lipinski definition) is 5. The highest BCUT2D eigenvalue weighted by atomic mass is 19.3. The number of aromatic nitrogens is 4. The van der Waals surface area contributed by atoms with Gasteiger partial charge in [-0.05, 0) is 12.5 Å². The molecule has 7 nitrogen and oxygen atoms in total. The van der Waals surface area contributed by atoms with E-state index in [1.54, 1.807) is 40.2 Å². The quantitative estimate of drug-likeness (QED) is 0.750. The normalized spacial score (nSPS) is 23.0. The van der Waals surface area contributed by atoms with E-state index in [2.05, 4.69) is 15.5 Å². The predicted octanol–water partition coefficient (Wildman–Crippen LogP) is 3.15. The third kappa shape index (κ3) is 3.28. The average molecular weight is 385 g/mol. The summed E-state index contributed by atoms with van der Waals surface area (Å²) in [6.45, 7) is 1.89. The molecule has 4 rings (SSSR count). The Morgan fingerprint density at radius 3 is 2.68 bits per heavy atom. The lowest BCUT2D eigenvalue weighted by Gasteiger charge is -2.17. The maximum Gasteiger partial charge on any atom is 0.253 e. The van der Waals surface area contributed by atoms with Gasteiger partial charge in [0.1, 0.15) is 0 Å². The Kier molecular flexibility index (Phi) is 4.44. The molecule has 2 atom stereocenters. The van der Waals surface area contributed by atoms with Gasteiger partial charge in [-0.1, -0.05) is 6.92 Å². The van der Waals surface area contributed by atoms with Crippen LogP contribution in [0, 0.1) is 11.3 Å². The van der Waals surface area contributed by atoms with Gasteiger partial charge in [0.05, 0.1) is 41.5 Å². The summed E-state index contributed by atoms with van der Waals surface area (Å²) in [5, 5.41) is 19.0. The highest BCUT2D eigenvalue weighted by molar-refractivity contribution is 6.16. The van der Waals surface area contributed by atoms with Crippen molar-refractivity contribution >= 4 is 17.6 Å². The number of hydrogen-bond donors (Lipinski definition) is 2. The standard InChI is InChI=1S/C19H21F2N7/c1-3-17(14-6-19(14,20)21)28-11-13(8-25-28)18-15(4-5-22)23-9-16(26-18)12-7-24-27(2)10-12/h4-5,7-11,14,17,22-23H,3,6H2,1-2H3/b15-4-,22-5?. The Balaban J connectivity index is 1.68. The molecule has 1 saturated carbocycles. The van der Waals surface area contributed by atoms with E-state index in [1.807, 2.05) is 20.2 Å². The third-order valence-electron chi connectivity index (χ3n) is 5.07. The largest absolute Gasteiger partial charge is 0.358 e. The van der Waals surface area contributed by atoms with Gasteiger partial charge in [0, 0.05) is 49.4 Å². The second kappa shape index (κ2) is 6.81. The lowest BCUT2D eigenvalue weighted by Crippen LogP contribution is -2.21. The second-order valence-electron chi connectivity index (χ2n) is 7.04. The molecule has 2 aromatic heterocycles. The molecule has 1 aliphatic carbocycles. The topological polar surface area (TPSA) is 83.9 Å². The minimum absolute atomic E-state index is 0.0873. The van der Waals surface area contributed by atoms with Crippen molar-refractivity contribution in [1.82, 2.24) is 24.9 Å². The van der Waals surface area contributed by atoms with Crippen molar-refractivity contribution in [2.24, 2.45) is 18.0 Å².